The van der Waals surface area contributed by atoms with E-state index in [2.05, 4.69) is 11.0 Å². The molecule has 0 unspecified atom stereocenters. The molecule has 2 aliphatic rings. The van der Waals surface area contributed by atoms with Gasteiger partial charge >= 0.3 is 11.9 Å². The maximum absolute atomic E-state index is 12.4. The van der Waals surface area contributed by atoms with Crippen LogP contribution in [0.4, 0.5) is 11.4 Å². The summed E-state index contributed by atoms with van der Waals surface area (Å²) in [4.78, 5) is 28.6. The molecule has 1 fully saturated rings. The fraction of sp³-hybridized carbons (Fsp3) is 0.474. The van der Waals surface area contributed by atoms with Crippen LogP contribution in [0.25, 0.3) is 0 Å². The molecule has 7 nitrogen and oxygen atoms in total. The van der Waals surface area contributed by atoms with Crippen LogP contribution in [0.5, 0.6) is 0 Å². The smallest absolute Gasteiger partial charge is 0.355 e. The molecule has 26 heavy (non-hydrogen) atoms. The molecule has 0 spiro atoms. The van der Waals surface area contributed by atoms with Gasteiger partial charge < -0.3 is 24.0 Å². The van der Waals surface area contributed by atoms with Crippen LogP contribution in [0, 0.1) is 6.92 Å². The van der Waals surface area contributed by atoms with Gasteiger partial charge in [-0.3, -0.25) is 0 Å². The van der Waals surface area contributed by atoms with Gasteiger partial charge in [-0.2, -0.15) is 0 Å². The average molecular weight is 360 g/mol. The van der Waals surface area contributed by atoms with Gasteiger partial charge in [-0.1, -0.05) is 6.07 Å². The van der Waals surface area contributed by atoms with Gasteiger partial charge in [-0.05, 0) is 37.5 Å². The second kappa shape index (κ2) is 7.78. The lowest BCUT2D eigenvalue weighted by atomic mass is 10.1. The predicted octanol–water partition coefficient (Wildman–Crippen LogP) is 1.99. The minimum absolute atomic E-state index is 0.0124. The maximum Gasteiger partial charge on any atom is 0.355 e. The first-order valence-electron chi connectivity index (χ1n) is 8.68. The van der Waals surface area contributed by atoms with Gasteiger partial charge in [0, 0.05) is 24.5 Å². The Labute approximate surface area is 153 Å². The maximum atomic E-state index is 12.4. The van der Waals surface area contributed by atoms with Crippen LogP contribution in [0.2, 0.25) is 0 Å². The monoisotopic (exact) mass is 360 g/mol. The van der Waals surface area contributed by atoms with Crippen LogP contribution in [0.15, 0.2) is 29.5 Å². The molecular formula is C19H24N2O5. The summed E-state index contributed by atoms with van der Waals surface area (Å²) in [5.41, 5.74) is 3.32. The lowest BCUT2D eigenvalue weighted by Crippen LogP contribution is -2.39. The molecule has 2 aliphatic heterocycles. The number of rotatable bonds is 4. The van der Waals surface area contributed by atoms with Gasteiger partial charge in [-0.15, -0.1) is 0 Å². The molecule has 0 N–H and O–H groups in total. The van der Waals surface area contributed by atoms with Gasteiger partial charge in [0.25, 0.3) is 0 Å². The molecule has 1 saturated heterocycles. The van der Waals surface area contributed by atoms with Gasteiger partial charge in [-0.25, -0.2) is 9.59 Å². The summed E-state index contributed by atoms with van der Waals surface area (Å²) in [6.07, 6.45) is 2.35. The fourth-order valence-corrected chi connectivity index (χ4v) is 3.54. The van der Waals surface area contributed by atoms with Crippen molar-refractivity contribution in [2.45, 2.75) is 19.8 Å². The van der Waals surface area contributed by atoms with Crippen LogP contribution >= 0.6 is 0 Å². The highest BCUT2D eigenvalue weighted by Crippen LogP contribution is 2.35. The molecule has 7 heteroatoms. The molecule has 0 bridgehead atoms. The Hall–Kier alpha value is -2.54. The fourth-order valence-electron chi connectivity index (χ4n) is 3.54. The molecule has 0 amide bonds. The SMILES string of the molecule is COC(=O)C1=C(C(=O)OC)N(c2cccc(N3CCCC3)c2C)COC1. The molecule has 0 saturated carbocycles. The Morgan fingerprint density at radius 1 is 1.04 bits per heavy atom. The Balaban J connectivity index is 2.08. The van der Waals surface area contributed by atoms with E-state index in [4.69, 9.17) is 14.2 Å². The van der Waals surface area contributed by atoms with E-state index in [1.807, 2.05) is 19.1 Å². The van der Waals surface area contributed by atoms with Crippen LogP contribution in [-0.2, 0) is 23.8 Å². The van der Waals surface area contributed by atoms with E-state index in [-0.39, 0.29) is 24.6 Å². The van der Waals surface area contributed by atoms with Crippen molar-refractivity contribution in [1.29, 1.82) is 0 Å². The Morgan fingerprint density at radius 3 is 2.35 bits per heavy atom. The Bertz CT molecular complexity index is 737. The van der Waals surface area contributed by atoms with Crippen molar-refractivity contribution in [3.63, 3.8) is 0 Å². The minimum atomic E-state index is -0.594. The van der Waals surface area contributed by atoms with Gasteiger partial charge in [0.2, 0.25) is 0 Å². The summed E-state index contributed by atoms with van der Waals surface area (Å²) < 4.78 is 15.3. The van der Waals surface area contributed by atoms with E-state index < -0.39 is 11.9 Å². The zero-order chi connectivity index (χ0) is 18.7. The predicted molar refractivity (Wildman–Crippen MR) is 97.0 cm³/mol. The standard InChI is InChI=1S/C19H24N2O5/c1-13-15(20-9-4-5-10-20)7-6-8-16(13)21-12-26-11-14(18(22)24-2)17(21)19(23)25-3/h6-8H,4-5,9-12H2,1-3H3. The Morgan fingerprint density at radius 2 is 1.69 bits per heavy atom. The van der Waals surface area contributed by atoms with Gasteiger partial charge in [0.15, 0.2) is 0 Å². The molecule has 0 aromatic heterocycles. The second-order valence-electron chi connectivity index (χ2n) is 6.33. The summed E-state index contributed by atoms with van der Waals surface area (Å²) in [6.45, 7) is 4.24. The number of nitrogens with zero attached hydrogens (tertiary/aromatic N) is 2. The van der Waals surface area contributed by atoms with Crippen molar-refractivity contribution < 1.29 is 23.8 Å². The van der Waals surface area contributed by atoms with Crippen molar-refractivity contribution in [2.75, 3.05) is 50.4 Å². The molecule has 2 heterocycles. The Kier molecular flexibility index (Phi) is 5.46. The summed E-state index contributed by atoms with van der Waals surface area (Å²) in [7, 11) is 2.58. The zero-order valence-electron chi connectivity index (χ0n) is 15.4. The normalized spacial score (nSPS) is 17.5. The number of benzene rings is 1. The van der Waals surface area contributed by atoms with Crippen LogP contribution in [-0.4, -0.2) is 52.6 Å². The molecule has 0 aliphatic carbocycles. The molecule has 140 valence electrons. The number of carbonyl (C=O) groups excluding carboxylic acids is 2. The first-order chi connectivity index (χ1) is 12.6. The third-order valence-electron chi connectivity index (χ3n) is 4.85. The highest BCUT2D eigenvalue weighted by Gasteiger charge is 2.33. The molecular weight excluding hydrogens is 336 g/mol. The summed E-state index contributed by atoms with van der Waals surface area (Å²) in [5, 5.41) is 0. The quantitative estimate of drug-likeness (QED) is 0.761. The number of hydrogen-bond acceptors (Lipinski definition) is 7. The molecule has 1 aromatic rings. The van der Waals surface area contributed by atoms with Crippen LogP contribution in [0.3, 0.4) is 0 Å². The van der Waals surface area contributed by atoms with Crippen molar-refractivity contribution in [2.24, 2.45) is 0 Å². The minimum Gasteiger partial charge on any atom is -0.466 e. The topological polar surface area (TPSA) is 68.3 Å². The number of anilines is 2. The van der Waals surface area contributed by atoms with Gasteiger partial charge in [0.1, 0.15) is 12.4 Å². The van der Waals surface area contributed by atoms with Crippen molar-refractivity contribution in [3.05, 3.63) is 35.0 Å². The molecule has 3 rings (SSSR count). The zero-order valence-corrected chi connectivity index (χ0v) is 15.4. The highest BCUT2D eigenvalue weighted by atomic mass is 16.5. The largest absolute Gasteiger partial charge is 0.466 e. The number of methoxy groups -OCH3 is 2. The average Bonchev–Trinajstić information content (AvgIpc) is 3.21. The van der Waals surface area contributed by atoms with Crippen LogP contribution < -0.4 is 9.80 Å². The first-order valence-corrected chi connectivity index (χ1v) is 8.68. The number of hydrogen-bond donors (Lipinski definition) is 0. The summed E-state index contributed by atoms with van der Waals surface area (Å²) >= 11 is 0. The second-order valence-corrected chi connectivity index (χ2v) is 6.33. The summed E-state index contributed by atoms with van der Waals surface area (Å²) in [5.74, 6) is -1.18. The van der Waals surface area contributed by atoms with E-state index >= 15 is 0 Å². The number of carbonyl (C=O) groups is 2. The van der Waals surface area contributed by atoms with E-state index in [9.17, 15) is 9.59 Å². The molecule has 0 radical (unpaired) electrons. The van der Waals surface area contributed by atoms with Crippen molar-refractivity contribution in [3.8, 4) is 0 Å². The van der Waals surface area contributed by atoms with E-state index in [1.54, 1.807) is 4.90 Å². The lowest BCUT2D eigenvalue weighted by molar-refractivity contribution is -0.140. The molecule has 0 atom stereocenters. The number of ether oxygens (including phenoxy) is 3. The third kappa shape index (κ3) is 3.26. The van der Waals surface area contributed by atoms with E-state index in [0.29, 0.717) is 0 Å². The van der Waals surface area contributed by atoms with E-state index in [0.717, 1.165) is 30.0 Å². The van der Waals surface area contributed by atoms with Crippen LogP contribution in [0.1, 0.15) is 18.4 Å². The van der Waals surface area contributed by atoms with Crippen molar-refractivity contribution >= 4 is 23.3 Å². The third-order valence-corrected chi connectivity index (χ3v) is 4.85. The van der Waals surface area contributed by atoms with Crippen molar-refractivity contribution in [1.82, 2.24) is 0 Å². The van der Waals surface area contributed by atoms with E-state index in [1.165, 1.54) is 27.1 Å². The lowest BCUT2D eigenvalue weighted by Gasteiger charge is -2.33. The first kappa shape index (κ1) is 18.3. The van der Waals surface area contributed by atoms with Gasteiger partial charge in [0.05, 0.1) is 26.4 Å². The summed E-state index contributed by atoms with van der Waals surface area (Å²) in [6, 6.07) is 5.95. The highest BCUT2D eigenvalue weighted by molar-refractivity contribution is 6.03. The molecule has 1 aromatic carbocycles. The number of esters is 2.